The van der Waals surface area contributed by atoms with E-state index >= 15 is 0 Å². The van der Waals surface area contributed by atoms with Crippen LogP contribution in [-0.2, 0) is 11.2 Å². The average molecular weight is 361 g/mol. The molecule has 0 heterocycles. The third-order valence-electron chi connectivity index (χ3n) is 5.14. The third kappa shape index (κ3) is 11.3. The highest BCUT2D eigenvalue weighted by Gasteiger charge is 2.07. The van der Waals surface area contributed by atoms with Crippen molar-refractivity contribution in [1.82, 2.24) is 0 Å². The second-order valence-corrected chi connectivity index (χ2v) is 7.52. The van der Waals surface area contributed by atoms with Gasteiger partial charge in [0.1, 0.15) is 11.5 Å². The van der Waals surface area contributed by atoms with Crippen molar-refractivity contribution in [3.05, 3.63) is 29.8 Å². The van der Waals surface area contributed by atoms with Gasteiger partial charge in [-0.1, -0.05) is 102 Å². The number of ether oxygens (including phenoxy) is 1. The minimum atomic E-state index is 0.331. The van der Waals surface area contributed by atoms with E-state index in [-0.39, 0.29) is 0 Å². The molecule has 26 heavy (non-hydrogen) atoms. The number of carbonyl (C=O) groups is 1. The van der Waals surface area contributed by atoms with Crippen molar-refractivity contribution < 1.29 is 9.53 Å². The van der Waals surface area contributed by atoms with Crippen molar-refractivity contribution in [2.45, 2.75) is 103 Å². The fraction of sp³-hybridized carbons (Fsp3) is 0.708. The van der Waals surface area contributed by atoms with Crippen LogP contribution in [0.2, 0.25) is 0 Å². The molecule has 0 aliphatic rings. The van der Waals surface area contributed by atoms with Crippen molar-refractivity contribution >= 4 is 5.78 Å². The Kier molecular flexibility index (Phi) is 13.9. The average Bonchev–Trinajstić information content (AvgIpc) is 2.66. The van der Waals surface area contributed by atoms with Gasteiger partial charge < -0.3 is 4.74 Å². The molecule has 0 aliphatic carbocycles. The summed E-state index contributed by atoms with van der Waals surface area (Å²) < 4.78 is 5.32. The quantitative estimate of drug-likeness (QED) is 0.273. The molecular weight excluding hydrogens is 320 g/mol. The van der Waals surface area contributed by atoms with Crippen LogP contribution in [0.4, 0.5) is 0 Å². The Balaban J connectivity index is 1.92. The molecule has 0 atom stereocenters. The van der Waals surface area contributed by atoms with Crippen molar-refractivity contribution in [2.75, 3.05) is 7.11 Å². The van der Waals surface area contributed by atoms with Crippen molar-refractivity contribution in [3.8, 4) is 5.75 Å². The number of hydrogen-bond donors (Lipinski definition) is 0. The summed E-state index contributed by atoms with van der Waals surface area (Å²) in [6.45, 7) is 2.27. The van der Waals surface area contributed by atoms with Crippen LogP contribution in [0, 0.1) is 0 Å². The number of methoxy groups -OCH3 is 1. The Morgan fingerprint density at radius 3 is 1.81 bits per heavy atom. The summed E-state index contributed by atoms with van der Waals surface area (Å²) in [4.78, 5) is 12.1. The third-order valence-corrected chi connectivity index (χ3v) is 5.14. The molecule has 0 fully saturated rings. The summed E-state index contributed by atoms with van der Waals surface area (Å²) in [5.74, 6) is 1.16. The molecule has 0 amide bonds. The van der Waals surface area contributed by atoms with E-state index in [9.17, 15) is 4.79 Å². The SMILES string of the molecule is CCCCCCCCCCCCCCCC(=O)Cc1ccccc1OC. The number of unbranched alkanes of at least 4 members (excludes halogenated alkanes) is 12. The lowest BCUT2D eigenvalue weighted by atomic mass is 10.0. The Morgan fingerprint density at radius 1 is 0.769 bits per heavy atom. The minimum absolute atomic E-state index is 0.331. The Labute approximate surface area is 161 Å². The molecule has 2 heteroatoms. The zero-order valence-corrected chi connectivity index (χ0v) is 17.2. The number of carbonyl (C=O) groups excluding carboxylic acids is 1. The fourth-order valence-corrected chi connectivity index (χ4v) is 3.49. The van der Waals surface area contributed by atoms with Gasteiger partial charge in [-0.15, -0.1) is 0 Å². The molecule has 1 aromatic carbocycles. The van der Waals surface area contributed by atoms with Crippen LogP contribution in [0.3, 0.4) is 0 Å². The molecule has 0 bridgehead atoms. The Morgan fingerprint density at radius 2 is 1.27 bits per heavy atom. The smallest absolute Gasteiger partial charge is 0.137 e. The van der Waals surface area contributed by atoms with E-state index in [0.29, 0.717) is 18.6 Å². The van der Waals surface area contributed by atoms with Gasteiger partial charge in [0.05, 0.1) is 7.11 Å². The molecule has 0 aromatic heterocycles. The first kappa shape index (κ1) is 22.7. The first-order valence-electron chi connectivity index (χ1n) is 10.9. The van der Waals surface area contributed by atoms with Crippen LogP contribution >= 0.6 is 0 Å². The molecule has 148 valence electrons. The monoisotopic (exact) mass is 360 g/mol. The molecule has 0 spiro atoms. The largest absolute Gasteiger partial charge is 0.496 e. The van der Waals surface area contributed by atoms with Crippen molar-refractivity contribution in [1.29, 1.82) is 0 Å². The summed E-state index contributed by atoms with van der Waals surface area (Å²) in [5, 5.41) is 0. The maximum absolute atomic E-state index is 12.1. The molecule has 1 aromatic rings. The van der Waals surface area contributed by atoms with E-state index in [1.807, 2.05) is 24.3 Å². The summed E-state index contributed by atoms with van der Waals surface area (Å²) in [5.41, 5.74) is 1.01. The van der Waals surface area contributed by atoms with E-state index in [1.165, 1.54) is 77.0 Å². The summed E-state index contributed by atoms with van der Waals surface area (Å²) in [6, 6.07) is 7.82. The van der Waals surface area contributed by atoms with Crippen LogP contribution in [0.15, 0.2) is 24.3 Å². The zero-order chi connectivity index (χ0) is 18.9. The summed E-state index contributed by atoms with van der Waals surface area (Å²) in [7, 11) is 1.66. The Bertz CT molecular complexity index is 467. The molecule has 0 radical (unpaired) electrons. The van der Waals surface area contributed by atoms with Gasteiger partial charge in [0.2, 0.25) is 0 Å². The number of ketones is 1. The molecule has 1 rings (SSSR count). The molecule has 0 aliphatic heterocycles. The highest BCUT2D eigenvalue weighted by atomic mass is 16.5. The molecule has 0 unspecified atom stereocenters. The summed E-state index contributed by atoms with van der Waals surface area (Å²) >= 11 is 0. The maximum Gasteiger partial charge on any atom is 0.137 e. The van der Waals surface area contributed by atoms with Gasteiger partial charge in [0.15, 0.2) is 0 Å². The highest BCUT2D eigenvalue weighted by Crippen LogP contribution is 2.19. The predicted molar refractivity (Wildman–Crippen MR) is 112 cm³/mol. The molecule has 0 saturated carbocycles. The molecule has 2 nitrogen and oxygen atoms in total. The van der Waals surface area contributed by atoms with Gasteiger partial charge in [-0.3, -0.25) is 4.79 Å². The van der Waals surface area contributed by atoms with Crippen LogP contribution < -0.4 is 4.74 Å². The van der Waals surface area contributed by atoms with E-state index in [0.717, 1.165) is 17.7 Å². The maximum atomic E-state index is 12.1. The van der Waals surface area contributed by atoms with Crippen molar-refractivity contribution in [2.24, 2.45) is 0 Å². The fourth-order valence-electron chi connectivity index (χ4n) is 3.49. The topological polar surface area (TPSA) is 26.3 Å². The van der Waals surface area contributed by atoms with E-state index in [2.05, 4.69) is 6.92 Å². The lowest BCUT2D eigenvalue weighted by Crippen LogP contribution is -2.04. The number of rotatable bonds is 17. The van der Waals surface area contributed by atoms with E-state index < -0.39 is 0 Å². The normalized spacial score (nSPS) is 10.8. The Hall–Kier alpha value is -1.31. The second kappa shape index (κ2) is 15.9. The van der Waals surface area contributed by atoms with Crippen molar-refractivity contribution in [3.63, 3.8) is 0 Å². The van der Waals surface area contributed by atoms with Gasteiger partial charge >= 0.3 is 0 Å². The van der Waals surface area contributed by atoms with Crippen LogP contribution in [0.25, 0.3) is 0 Å². The highest BCUT2D eigenvalue weighted by molar-refractivity contribution is 5.81. The number of benzene rings is 1. The first-order valence-corrected chi connectivity index (χ1v) is 10.9. The van der Waals surface area contributed by atoms with E-state index in [1.54, 1.807) is 7.11 Å². The predicted octanol–water partition coefficient (Wildman–Crippen LogP) is 7.29. The zero-order valence-electron chi connectivity index (χ0n) is 17.2. The van der Waals surface area contributed by atoms with Gasteiger partial charge in [0, 0.05) is 18.4 Å². The lowest BCUT2D eigenvalue weighted by Gasteiger charge is -2.07. The summed E-state index contributed by atoms with van der Waals surface area (Å²) in [6.07, 6.45) is 18.6. The van der Waals surface area contributed by atoms with E-state index in [4.69, 9.17) is 4.74 Å². The van der Waals surface area contributed by atoms with Crippen LogP contribution in [0.1, 0.15) is 102 Å². The number of para-hydroxylation sites is 1. The number of hydrogen-bond acceptors (Lipinski definition) is 2. The van der Waals surface area contributed by atoms with Crippen LogP contribution in [0.5, 0.6) is 5.75 Å². The molecule has 0 saturated heterocycles. The first-order chi connectivity index (χ1) is 12.8. The minimum Gasteiger partial charge on any atom is -0.496 e. The molecule has 0 N–H and O–H groups in total. The van der Waals surface area contributed by atoms with Gasteiger partial charge in [-0.2, -0.15) is 0 Å². The van der Waals surface area contributed by atoms with Crippen LogP contribution in [-0.4, -0.2) is 12.9 Å². The second-order valence-electron chi connectivity index (χ2n) is 7.52. The van der Waals surface area contributed by atoms with Gasteiger partial charge in [-0.05, 0) is 12.5 Å². The standard InChI is InChI=1S/C24H40O2/c1-3-4-5-6-7-8-9-10-11-12-13-14-15-19-23(25)21-22-18-16-17-20-24(22)26-2/h16-18,20H,3-15,19,21H2,1-2H3. The number of Topliss-reactive ketones (excluding diaryl/α,β-unsaturated/α-hetero) is 1. The lowest BCUT2D eigenvalue weighted by molar-refractivity contribution is -0.118. The molecular formula is C24H40O2. The van der Waals surface area contributed by atoms with Gasteiger partial charge in [-0.25, -0.2) is 0 Å². The van der Waals surface area contributed by atoms with Gasteiger partial charge in [0.25, 0.3) is 0 Å².